The van der Waals surface area contributed by atoms with Gasteiger partial charge in [0.25, 0.3) is 0 Å². The summed E-state index contributed by atoms with van der Waals surface area (Å²) in [7, 11) is 0. The quantitative estimate of drug-likeness (QED) is 0.599. The average molecular weight is 284 g/mol. The molecule has 6 heteroatoms. The molecule has 0 rings (SSSR count). The monoisotopic (exact) mass is 284 g/mol. The molecule has 0 aliphatic carbocycles. The molecule has 0 heterocycles. The van der Waals surface area contributed by atoms with E-state index in [1.807, 2.05) is 13.8 Å². The van der Waals surface area contributed by atoms with E-state index in [2.05, 4.69) is 13.8 Å². The van der Waals surface area contributed by atoms with Gasteiger partial charge in [-0.25, -0.2) is 0 Å². The summed E-state index contributed by atoms with van der Waals surface area (Å²) in [6.07, 6.45) is 0. The van der Waals surface area contributed by atoms with Gasteiger partial charge in [0.05, 0.1) is 6.61 Å². The van der Waals surface area contributed by atoms with Crippen LogP contribution >= 0.6 is 17.1 Å². The molecule has 0 aliphatic heterocycles. The maximum atomic E-state index is 9.68. The van der Waals surface area contributed by atoms with Crippen molar-refractivity contribution in [2.75, 3.05) is 12.4 Å². The van der Waals surface area contributed by atoms with Gasteiger partial charge in [0.15, 0.2) is 0 Å². The van der Waals surface area contributed by atoms with Crippen LogP contribution in [0.3, 0.4) is 0 Å². The number of hydrogen-bond acceptors (Lipinski definition) is 3. The van der Waals surface area contributed by atoms with Crippen LogP contribution in [0.5, 0.6) is 0 Å². The Labute approximate surface area is 129 Å². The Balaban J connectivity index is -0.000000240. The maximum Gasteiger partial charge on any atom is 2.00 e. The van der Waals surface area contributed by atoms with Crippen molar-refractivity contribution in [1.29, 1.82) is 0 Å². The molecule has 0 spiro atoms. The summed E-state index contributed by atoms with van der Waals surface area (Å²) >= 11 is 6.38. The van der Waals surface area contributed by atoms with Gasteiger partial charge >= 0.3 is 37.7 Å². The summed E-state index contributed by atoms with van der Waals surface area (Å²) in [4.78, 5) is 9.68. The van der Waals surface area contributed by atoms with Crippen molar-refractivity contribution < 1.29 is 12.3 Å². The molecule has 0 bridgehead atoms. The Kier molecular flexibility index (Phi) is 12.2. The van der Waals surface area contributed by atoms with Crippen LogP contribution in [0.15, 0.2) is 0 Å². The predicted octanol–water partition coefficient (Wildman–Crippen LogP) is 3.11. The van der Waals surface area contributed by atoms with Gasteiger partial charge in [-0.3, -0.25) is 0 Å². The first kappa shape index (κ1) is 18.5. The van der Waals surface area contributed by atoms with Gasteiger partial charge in [0, 0.05) is 5.75 Å². The van der Waals surface area contributed by atoms with Gasteiger partial charge < -0.3 is 12.3 Å². The zero-order valence-electron chi connectivity index (χ0n) is 11.4. The SMILES string of the molecule is CC(C)COP(O)(=S)SCC(C)C.[Ca+2].[H-].[H-]. The first-order valence-corrected chi connectivity index (χ1v) is 8.71. The molecule has 0 aliphatic rings. The van der Waals surface area contributed by atoms with Gasteiger partial charge in [0.1, 0.15) is 0 Å². The van der Waals surface area contributed by atoms with E-state index in [1.54, 1.807) is 0 Å². The molecule has 0 amide bonds. The molecule has 2 nitrogen and oxygen atoms in total. The third-order valence-electron chi connectivity index (χ3n) is 1.14. The molecule has 0 aromatic heterocycles. The van der Waals surface area contributed by atoms with E-state index in [-0.39, 0.29) is 40.6 Å². The van der Waals surface area contributed by atoms with Crippen molar-refractivity contribution in [3.8, 4) is 0 Å². The largest absolute Gasteiger partial charge is 2.00 e. The van der Waals surface area contributed by atoms with Gasteiger partial charge in [0.2, 0.25) is 5.69 Å². The molecule has 0 aromatic carbocycles. The van der Waals surface area contributed by atoms with Crippen LogP contribution in [-0.4, -0.2) is 55.0 Å². The minimum absolute atomic E-state index is 0. The first-order valence-electron chi connectivity index (χ1n) is 4.45. The van der Waals surface area contributed by atoms with E-state index in [1.165, 1.54) is 11.4 Å². The third kappa shape index (κ3) is 12.3. The van der Waals surface area contributed by atoms with Crippen LogP contribution in [-0.2, 0) is 16.3 Å². The van der Waals surface area contributed by atoms with Crippen molar-refractivity contribution in [1.82, 2.24) is 0 Å². The fourth-order valence-corrected chi connectivity index (χ4v) is 4.17. The van der Waals surface area contributed by atoms with Crippen molar-refractivity contribution in [2.45, 2.75) is 27.7 Å². The average Bonchev–Trinajstić information content (AvgIpc) is 1.98. The molecule has 1 N–H and O–H groups in total. The standard InChI is InChI=1S/C8H19O2PS2.Ca.2H/c1-7(2)5-10-11(9,12)13-6-8(3)4;;;/h7-8H,5-6H2,1-4H3,(H,9,12);;;/q;+2;2*-1. The van der Waals surface area contributed by atoms with Crippen molar-refractivity contribution >= 4 is 66.6 Å². The number of rotatable bonds is 6. The molecule has 0 radical (unpaired) electrons. The zero-order chi connectivity index (χ0) is 10.5. The molecular weight excluding hydrogens is 263 g/mol. The van der Waals surface area contributed by atoms with Crippen LogP contribution in [0, 0.1) is 11.8 Å². The number of hydrogen-bond donors (Lipinski definition) is 1. The van der Waals surface area contributed by atoms with Gasteiger partial charge in [-0.05, 0) is 23.6 Å². The molecule has 0 saturated carbocycles. The minimum Gasteiger partial charge on any atom is -1.00 e. The van der Waals surface area contributed by atoms with E-state index >= 15 is 0 Å². The normalized spacial score (nSPS) is 15.4. The summed E-state index contributed by atoms with van der Waals surface area (Å²) in [5, 5.41) is 0. The summed E-state index contributed by atoms with van der Waals surface area (Å²) in [5.74, 6) is 1.84. The van der Waals surface area contributed by atoms with Crippen LogP contribution in [0.25, 0.3) is 0 Å². The second-order valence-corrected chi connectivity index (χ2v) is 10.1. The van der Waals surface area contributed by atoms with Crippen molar-refractivity contribution in [2.24, 2.45) is 11.8 Å². The van der Waals surface area contributed by atoms with Crippen LogP contribution in [0.2, 0.25) is 0 Å². The van der Waals surface area contributed by atoms with E-state index in [9.17, 15) is 4.89 Å². The van der Waals surface area contributed by atoms with Crippen LogP contribution < -0.4 is 0 Å². The summed E-state index contributed by atoms with van der Waals surface area (Å²) in [5.41, 5.74) is -2.55. The first-order chi connectivity index (χ1) is 5.83. The third-order valence-corrected chi connectivity index (χ3v) is 5.77. The molecule has 14 heavy (non-hydrogen) atoms. The van der Waals surface area contributed by atoms with Gasteiger partial charge in [-0.1, -0.05) is 39.1 Å². The van der Waals surface area contributed by atoms with Crippen LogP contribution in [0.4, 0.5) is 0 Å². The molecule has 0 aromatic rings. The van der Waals surface area contributed by atoms with E-state index in [0.717, 1.165) is 5.75 Å². The van der Waals surface area contributed by atoms with E-state index in [4.69, 9.17) is 16.3 Å². The van der Waals surface area contributed by atoms with E-state index in [0.29, 0.717) is 18.4 Å². The molecular formula is C8H21CaO2PS2. The van der Waals surface area contributed by atoms with Crippen LogP contribution in [0.1, 0.15) is 30.5 Å². The smallest absolute Gasteiger partial charge is 1.00 e. The Bertz CT molecular complexity index is 181. The van der Waals surface area contributed by atoms with Crippen molar-refractivity contribution in [3.05, 3.63) is 0 Å². The summed E-state index contributed by atoms with van der Waals surface area (Å²) < 4.78 is 5.29. The molecule has 0 fully saturated rings. The molecule has 0 saturated heterocycles. The maximum absolute atomic E-state index is 9.68. The topological polar surface area (TPSA) is 29.5 Å². The van der Waals surface area contributed by atoms with Gasteiger partial charge in [-0.15, -0.1) is 0 Å². The molecule has 84 valence electrons. The summed E-state index contributed by atoms with van der Waals surface area (Å²) in [6.45, 7) is 8.85. The fraction of sp³-hybridized carbons (Fsp3) is 1.00. The second kappa shape index (κ2) is 9.23. The fourth-order valence-electron chi connectivity index (χ4n) is 0.524. The Hall–Kier alpha value is 2.18. The predicted molar refractivity (Wildman–Crippen MR) is 72.6 cm³/mol. The minimum atomic E-state index is -2.55. The van der Waals surface area contributed by atoms with E-state index < -0.39 is 5.69 Å². The van der Waals surface area contributed by atoms with Gasteiger partial charge in [-0.2, -0.15) is 0 Å². The zero-order valence-corrected chi connectivity index (χ0v) is 14.1. The Morgan fingerprint density at radius 2 is 1.86 bits per heavy atom. The van der Waals surface area contributed by atoms with Crippen molar-refractivity contribution in [3.63, 3.8) is 0 Å². The molecule has 1 unspecified atom stereocenters. The Morgan fingerprint density at radius 3 is 2.21 bits per heavy atom. The second-order valence-electron chi connectivity index (χ2n) is 3.85. The Morgan fingerprint density at radius 1 is 1.36 bits per heavy atom. The summed E-state index contributed by atoms with van der Waals surface area (Å²) in [6, 6.07) is 0. The molecule has 1 atom stereocenters.